The van der Waals surface area contributed by atoms with Crippen LogP contribution in [0.3, 0.4) is 0 Å². The van der Waals surface area contributed by atoms with Crippen molar-refractivity contribution in [3.63, 3.8) is 0 Å². The largest absolute Gasteiger partial charge is 0.396 e. The van der Waals surface area contributed by atoms with Gasteiger partial charge in [-0.3, -0.25) is 4.79 Å². The van der Waals surface area contributed by atoms with E-state index >= 15 is 0 Å². The smallest absolute Gasteiger partial charge is 0.256 e. The highest BCUT2D eigenvalue weighted by Crippen LogP contribution is 2.46. The fourth-order valence-electron chi connectivity index (χ4n) is 3.79. The van der Waals surface area contributed by atoms with Gasteiger partial charge in [0.15, 0.2) is 17.0 Å². The molecule has 2 heterocycles. The summed E-state index contributed by atoms with van der Waals surface area (Å²) in [6.07, 6.45) is 5.23. The molecule has 1 aromatic carbocycles. The highest BCUT2D eigenvalue weighted by atomic mass is 16.3. The third-order valence-corrected chi connectivity index (χ3v) is 5.36. The number of nitrogens with zero attached hydrogens (tertiary/aromatic N) is 4. The zero-order valence-corrected chi connectivity index (χ0v) is 14.5. The van der Waals surface area contributed by atoms with Gasteiger partial charge in [-0.15, -0.1) is 0 Å². The Morgan fingerprint density at radius 1 is 1.27 bits per heavy atom. The summed E-state index contributed by atoms with van der Waals surface area (Å²) in [6, 6.07) is 9.17. The monoisotopic (exact) mass is 351 g/mol. The zero-order valence-electron chi connectivity index (χ0n) is 14.5. The van der Waals surface area contributed by atoms with Crippen molar-refractivity contribution in [1.29, 1.82) is 0 Å². The van der Waals surface area contributed by atoms with E-state index in [1.807, 2.05) is 22.8 Å². The van der Waals surface area contributed by atoms with E-state index in [-0.39, 0.29) is 24.5 Å². The number of fused-ring (bicyclic) bond motifs is 1. The van der Waals surface area contributed by atoms with E-state index in [1.54, 1.807) is 18.5 Å². The second-order valence-electron chi connectivity index (χ2n) is 6.68. The first-order valence-electron chi connectivity index (χ1n) is 8.87. The fourth-order valence-corrected chi connectivity index (χ4v) is 3.79. The lowest BCUT2D eigenvalue weighted by Crippen LogP contribution is -2.40. The Morgan fingerprint density at radius 2 is 2.08 bits per heavy atom. The van der Waals surface area contributed by atoms with E-state index in [1.165, 1.54) is 6.33 Å². The van der Waals surface area contributed by atoms with Crippen LogP contribution in [0.25, 0.3) is 11.2 Å². The summed E-state index contributed by atoms with van der Waals surface area (Å²) in [5, 5.41) is 12.5. The number of aromatic nitrogens is 4. The Hall–Kier alpha value is -2.80. The maximum Gasteiger partial charge on any atom is 0.256 e. The lowest BCUT2D eigenvalue weighted by atomic mass is 9.68. The molecule has 3 atom stereocenters. The average molecular weight is 351 g/mol. The summed E-state index contributed by atoms with van der Waals surface area (Å²) in [5.74, 6) is 0.911. The lowest BCUT2D eigenvalue weighted by molar-refractivity contribution is 0.0257. The molecule has 26 heavy (non-hydrogen) atoms. The molecule has 1 amide bonds. The van der Waals surface area contributed by atoms with Gasteiger partial charge in [0.05, 0.1) is 6.33 Å². The number of hydrogen-bond acceptors (Lipinski definition) is 5. The summed E-state index contributed by atoms with van der Waals surface area (Å²) in [6.45, 7) is 2.31. The summed E-state index contributed by atoms with van der Waals surface area (Å²) in [5.41, 5.74) is 1.80. The van der Waals surface area contributed by atoms with E-state index in [2.05, 4.69) is 27.2 Å². The van der Waals surface area contributed by atoms with Gasteiger partial charge in [-0.1, -0.05) is 31.5 Å². The Morgan fingerprint density at radius 3 is 2.81 bits per heavy atom. The molecule has 0 saturated heterocycles. The third-order valence-electron chi connectivity index (χ3n) is 5.36. The van der Waals surface area contributed by atoms with E-state index in [9.17, 15) is 9.90 Å². The molecular formula is C19H21N5O2. The first-order chi connectivity index (χ1) is 12.7. The van der Waals surface area contributed by atoms with Crippen molar-refractivity contribution in [2.45, 2.75) is 25.8 Å². The van der Waals surface area contributed by atoms with Crippen LogP contribution in [0.5, 0.6) is 0 Å². The molecule has 0 spiro atoms. The van der Waals surface area contributed by atoms with E-state index in [4.69, 9.17) is 0 Å². The maximum absolute atomic E-state index is 12.4. The first-order valence-corrected chi connectivity index (χ1v) is 8.87. The van der Waals surface area contributed by atoms with E-state index in [0.717, 1.165) is 12.8 Å². The average Bonchev–Trinajstić information content (AvgIpc) is 3.07. The van der Waals surface area contributed by atoms with Crippen molar-refractivity contribution >= 4 is 22.9 Å². The predicted octanol–water partition coefficient (Wildman–Crippen LogP) is 2.66. The summed E-state index contributed by atoms with van der Waals surface area (Å²) in [4.78, 5) is 25.4. The van der Waals surface area contributed by atoms with Crippen molar-refractivity contribution < 1.29 is 9.90 Å². The molecule has 7 nitrogen and oxygen atoms in total. The predicted molar refractivity (Wildman–Crippen MR) is 97.7 cm³/mol. The minimum atomic E-state index is -0.233. The van der Waals surface area contributed by atoms with Gasteiger partial charge < -0.3 is 15.0 Å². The molecule has 2 aromatic heterocycles. The molecule has 7 heteroatoms. The highest BCUT2D eigenvalue weighted by Gasteiger charge is 2.41. The SMILES string of the molecule is CC[C@H]1C[C@@H](n2cnc3c(NC(=O)c4ccccc4)ncnc32)[C@@H]1CO. The molecule has 134 valence electrons. The molecule has 1 fully saturated rings. The van der Waals surface area contributed by atoms with Crippen molar-refractivity contribution in [2.24, 2.45) is 11.8 Å². The molecule has 1 aliphatic rings. The molecule has 1 aliphatic carbocycles. The lowest BCUT2D eigenvalue weighted by Gasteiger charge is -2.44. The van der Waals surface area contributed by atoms with Crippen LogP contribution in [0, 0.1) is 11.8 Å². The van der Waals surface area contributed by atoms with Gasteiger partial charge >= 0.3 is 0 Å². The topological polar surface area (TPSA) is 92.9 Å². The van der Waals surface area contributed by atoms with Crippen LogP contribution in [0.1, 0.15) is 36.2 Å². The number of benzene rings is 1. The van der Waals surface area contributed by atoms with Crippen LogP contribution in [0.15, 0.2) is 43.0 Å². The molecule has 2 N–H and O–H groups in total. The number of aliphatic hydroxyl groups is 1. The van der Waals surface area contributed by atoms with Crippen LogP contribution >= 0.6 is 0 Å². The summed E-state index contributed by atoms with van der Waals surface area (Å²) >= 11 is 0. The van der Waals surface area contributed by atoms with Gasteiger partial charge in [0, 0.05) is 24.1 Å². The van der Waals surface area contributed by atoms with Gasteiger partial charge in [-0.25, -0.2) is 15.0 Å². The van der Waals surface area contributed by atoms with E-state index in [0.29, 0.717) is 28.5 Å². The number of carbonyl (C=O) groups is 1. The van der Waals surface area contributed by atoms with Crippen LogP contribution in [0.2, 0.25) is 0 Å². The van der Waals surface area contributed by atoms with Crippen LogP contribution < -0.4 is 5.32 Å². The van der Waals surface area contributed by atoms with Crippen molar-refractivity contribution in [3.8, 4) is 0 Å². The second-order valence-corrected chi connectivity index (χ2v) is 6.68. The Balaban J connectivity index is 1.63. The number of rotatable bonds is 5. The molecule has 1 saturated carbocycles. The number of hydrogen-bond donors (Lipinski definition) is 2. The van der Waals surface area contributed by atoms with Gasteiger partial charge in [0.1, 0.15) is 6.33 Å². The normalized spacial score (nSPS) is 22.2. The fraction of sp³-hybridized carbons (Fsp3) is 0.368. The highest BCUT2D eigenvalue weighted by molar-refractivity contribution is 6.06. The molecular weight excluding hydrogens is 330 g/mol. The second kappa shape index (κ2) is 6.84. The molecule has 0 bridgehead atoms. The molecule has 0 aliphatic heterocycles. The molecule has 4 rings (SSSR count). The van der Waals surface area contributed by atoms with Crippen LogP contribution in [0.4, 0.5) is 5.82 Å². The third kappa shape index (κ3) is 2.74. The van der Waals surface area contributed by atoms with Gasteiger partial charge in [0.2, 0.25) is 0 Å². The maximum atomic E-state index is 12.4. The molecule has 0 unspecified atom stereocenters. The first kappa shape index (κ1) is 16.7. The molecule has 3 aromatic rings. The Bertz CT molecular complexity index is 924. The Labute approximate surface area is 151 Å². The number of nitrogens with one attached hydrogen (secondary N) is 1. The van der Waals surface area contributed by atoms with Crippen molar-refractivity contribution in [2.75, 3.05) is 11.9 Å². The van der Waals surface area contributed by atoms with Crippen LogP contribution in [-0.2, 0) is 0 Å². The number of aliphatic hydroxyl groups excluding tert-OH is 1. The summed E-state index contributed by atoms with van der Waals surface area (Å²) < 4.78 is 2.00. The number of imidazole rings is 1. The minimum absolute atomic E-state index is 0.158. The number of amides is 1. The number of carbonyl (C=O) groups excluding carboxylic acids is 1. The van der Waals surface area contributed by atoms with Crippen molar-refractivity contribution in [3.05, 3.63) is 48.5 Å². The quantitative estimate of drug-likeness (QED) is 0.737. The molecule has 0 radical (unpaired) electrons. The van der Waals surface area contributed by atoms with Gasteiger partial charge in [-0.2, -0.15) is 0 Å². The van der Waals surface area contributed by atoms with E-state index < -0.39 is 0 Å². The van der Waals surface area contributed by atoms with Crippen molar-refractivity contribution in [1.82, 2.24) is 19.5 Å². The zero-order chi connectivity index (χ0) is 18.1. The van der Waals surface area contributed by atoms with Gasteiger partial charge in [-0.05, 0) is 24.5 Å². The van der Waals surface area contributed by atoms with Crippen LogP contribution in [-0.4, -0.2) is 37.1 Å². The standard InChI is InChI=1S/C19H21N5O2/c1-2-12-8-15(14(12)9-25)24-11-22-16-17(20-10-21-18(16)24)23-19(26)13-6-4-3-5-7-13/h3-7,10-12,14-15,25H,2,8-9H2,1H3,(H,20,21,23,26)/t12-,14+,15+/m0/s1. The summed E-state index contributed by atoms with van der Waals surface area (Å²) in [7, 11) is 0. The minimum Gasteiger partial charge on any atom is -0.396 e. The number of anilines is 1. The Kier molecular flexibility index (Phi) is 4.38. The van der Waals surface area contributed by atoms with Gasteiger partial charge in [0.25, 0.3) is 5.91 Å².